The Hall–Kier alpha value is -1.51. The number of carboxylic acids is 1. The maximum atomic E-state index is 10.9. The van der Waals surface area contributed by atoms with Gasteiger partial charge in [0.05, 0.1) is 6.42 Å². The van der Waals surface area contributed by atoms with Crippen molar-refractivity contribution in [2.45, 2.75) is 46.0 Å². The summed E-state index contributed by atoms with van der Waals surface area (Å²) in [6.45, 7) is 6.00. The Morgan fingerprint density at radius 2 is 1.81 bits per heavy atom. The van der Waals surface area contributed by atoms with E-state index in [0.29, 0.717) is 12.5 Å². The lowest BCUT2D eigenvalue weighted by Crippen LogP contribution is -2.33. The fourth-order valence-electron chi connectivity index (χ4n) is 3.14. The molecule has 1 aliphatic rings. The molecule has 1 aromatic rings. The second-order valence-corrected chi connectivity index (χ2v) is 6.55. The van der Waals surface area contributed by atoms with E-state index in [2.05, 4.69) is 43.0 Å². The van der Waals surface area contributed by atoms with Crippen LogP contribution in [-0.2, 0) is 4.79 Å². The molecule has 0 bridgehead atoms. The smallest absolute Gasteiger partial charge is 0.305 e. The maximum absolute atomic E-state index is 10.9. The van der Waals surface area contributed by atoms with E-state index in [1.807, 2.05) is 0 Å². The van der Waals surface area contributed by atoms with Crippen LogP contribution in [0.1, 0.15) is 44.6 Å². The molecule has 0 amide bonds. The van der Waals surface area contributed by atoms with Crippen LogP contribution < -0.4 is 4.90 Å². The van der Waals surface area contributed by atoms with Crippen molar-refractivity contribution in [1.29, 1.82) is 0 Å². The fourth-order valence-corrected chi connectivity index (χ4v) is 3.14. The van der Waals surface area contributed by atoms with Crippen molar-refractivity contribution >= 4 is 11.7 Å². The monoisotopic (exact) mass is 289 g/mol. The third-order valence-electron chi connectivity index (χ3n) is 4.61. The summed E-state index contributed by atoms with van der Waals surface area (Å²) in [5.74, 6) is 0.841. The van der Waals surface area contributed by atoms with Gasteiger partial charge in [-0.3, -0.25) is 4.79 Å². The molecule has 1 N–H and O–H groups in total. The van der Waals surface area contributed by atoms with Gasteiger partial charge in [0.15, 0.2) is 0 Å². The number of benzene rings is 1. The Bertz CT molecular complexity index is 447. The van der Waals surface area contributed by atoms with Gasteiger partial charge in [-0.15, -0.1) is 0 Å². The minimum atomic E-state index is -0.718. The molecular formula is C18H27NO2. The number of hydrogen-bond acceptors (Lipinski definition) is 2. The van der Waals surface area contributed by atoms with Crippen molar-refractivity contribution in [1.82, 2.24) is 0 Å². The van der Waals surface area contributed by atoms with E-state index in [-0.39, 0.29) is 6.42 Å². The first-order chi connectivity index (χ1) is 10.0. The van der Waals surface area contributed by atoms with Crippen LogP contribution in [-0.4, -0.2) is 24.2 Å². The zero-order valence-corrected chi connectivity index (χ0v) is 13.2. The number of anilines is 1. The van der Waals surface area contributed by atoms with Gasteiger partial charge in [-0.05, 0) is 43.7 Å². The van der Waals surface area contributed by atoms with Crippen molar-refractivity contribution in [3.63, 3.8) is 0 Å². The molecule has 3 heteroatoms. The molecule has 0 atom stereocenters. The summed E-state index contributed by atoms with van der Waals surface area (Å²) in [5, 5.41) is 8.97. The van der Waals surface area contributed by atoms with Gasteiger partial charge in [-0.25, -0.2) is 0 Å². The second-order valence-electron chi connectivity index (χ2n) is 6.55. The van der Waals surface area contributed by atoms with Crippen molar-refractivity contribution in [3.8, 4) is 0 Å². The summed E-state index contributed by atoms with van der Waals surface area (Å²) in [4.78, 5) is 13.2. The maximum Gasteiger partial charge on any atom is 0.305 e. The van der Waals surface area contributed by atoms with E-state index in [9.17, 15) is 4.79 Å². The Balaban J connectivity index is 2.01. The van der Waals surface area contributed by atoms with Crippen LogP contribution in [0.2, 0.25) is 0 Å². The molecule has 116 valence electrons. The number of aliphatic carboxylic acids is 1. The van der Waals surface area contributed by atoms with Crippen molar-refractivity contribution in [2.75, 3.05) is 18.0 Å². The summed E-state index contributed by atoms with van der Waals surface area (Å²) in [6.07, 6.45) is 5.38. The molecule has 1 saturated carbocycles. The molecule has 0 radical (unpaired) electrons. The molecule has 0 aromatic heterocycles. The topological polar surface area (TPSA) is 40.5 Å². The lowest BCUT2D eigenvalue weighted by molar-refractivity contribution is -0.136. The zero-order chi connectivity index (χ0) is 15.2. The molecule has 21 heavy (non-hydrogen) atoms. The van der Waals surface area contributed by atoms with Crippen LogP contribution in [0, 0.1) is 18.8 Å². The molecule has 1 fully saturated rings. The first kappa shape index (κ1) is 15.9. The highest BCUT2D eigenvalue weighted by Gasteiger charge is 2.21. The third-order valence-corrected chi connectivity index (χ3v) is 4.61. The summed E-state index contributed by atoms with van der Waals surface area (Å²) >= 11 is 0. The molecule has 0 heterocycles. The van der Waals surface area contributed by atoms with E-state index >= 15 is 0 Å². The largest absolute Gasteiger partial charge is 0.481 e. The van der Waals surface area contributed by atoms with Gasteiger partial charge < -0.3 is 10.0 Å². The van der Waals surface area contributed by atoms with Gasteiger partial charge in [-0.1, -0.05) is 37.5 Å². The quantitative estimate of drug-likeness (QED) is 0.857. The molecular weight excluding hydrogens is 262 g/mol. The van der Waals surface area contributed by atoms with Gasteiger partial charge in [0, 0.05) is 18.8 Å². The van der Waals surface area contributed by atoms with Gasteiger partial charge >= 0.3 is 5.97 Å². The molecule has 0 saturated heterocycles. The highest BCUT2D eigenvalue weighted by molar-refractivity contribution is 5.67. The minimum absolute atomic E-state index is 0.205. The number of aryl methyl sites for hydroxylation is 1. The Kier molecular flexibility index (Phi) is 5.66. The van der Waals surface area contributed by atoms with E-state index in [1.54, 1.807) is 0 Å². The lowest BCUT2D eigenvalue weighted by Gasteiger charge is -2.33. The normalized spacial score (nSPS) is 22.0. The average molecular weight is 289 g/mol. The van der Waals surface area contributed by atoms with Gasteiger partial charge in [-0.2, -0.15) is 0 Å². The molecule has 1 aliphatic carbocycles. The predicted octanol–water partition coefficient (Wildman–Crippen LogP) is 4.10. The van der Waals surface area contributed by atoms with Gasteiger partial charge in [0.1, 0.15) is 0 Å². The van der Waals surface area contributed by atoms with Gasteiger partial charge in [0.25, 0.3) is 0 Å². The van der Waals surface area contributed by atoms with Gasteiger partial charge in [0.2, 0.25) is 0 Å². The summed E-state index contributed by atoms with van der Waals surface area (Å²) in [7, 11) is 0. The Morgan fingerprint density at radius 1 is 1.19 bits per heavy atom. The number of carboxylic acid groups (broad SMARTS) is 1. The molecule has 1 aromatic carbocycles. The lowest BCUT2D eigenvalue weighted by atomic mass is 9.82. The summed E-state index contributed by atoms with van der Waals surface area (Å²) in [5.41, 5.74) is 2.39. The average Bonchev–Trinajstić information content (AvgIpc) is 2.46. The van der Waals surface area contributed by atoms with Crippen LogP contribution in [0.3, 0.4) is 0 Å². The highest BCUT2D eigenvalue weighted by atomic mass is 16.4. The first-order valence-electron chi connectivity index (χ1n) is 8.08. The molecule has 0 unspecified atom stereocenters. The standard InChI is InChI=1S/C18H27NO2/c1-14-3-7-16(8-4-14)13-19(12-11-18(20)21)17-9-5-15(2)6-10-17/h5-6,9-10,14,16H,3-4,7-8,11-13H2,1-2H3,(H,20,21). The van der Waals surface area contributed by atoms with E-state index in [4.69, 9.17) is 5.11 Å². The van der Waals surface area contributed by atoms with E-state index in [1.165, 1.54) is 31.2 Å². The van der Waals surface area contributed by atoms with E-state index < -0.39 is 5.97 Å². The number of hydrogen-bond donors (Lipinski definition) is 1. The number of nitrogens with zero attached hydrogens (tertiary/aromatic N) is 1. The zero-order valence-electron chi connectivity index (χ0n) is 13.2. The van der Waals surface area contributed by atoms with Crippen molar-refractivity contribution in [3.05, 3.63) is 29.8 Å². The SMILES string of the molecule is Cc1ccc(N(CCC(=O)O)CC2CCC(C)CC2)cc1. The van der Waals surface area contributed by atoms with Crippen LogP contribution in [0.25, 0.3) is 0 Å². The second kappa shape index (κ2) is 7.48. The summed E-state index contributed by atoms with van der Waals surface area (Å²) in [6, 6.07) is 8.43. The van der Waals surface area contributed by atoms with Crippen LogP contribution in [0.4, 0.5) is 5.69 Å². The predicted molar refractivity (Wildman–Crippen MR) is 86.8 cm³/mol. The molecule has 0 spiro atoms. The van der Waals surface area contributed by atoms with Crippen molar-refractivity contribution in [2.24, 2.45) is 11.8 Å². The minimum Gasteiger partial charge on any atom is -0.481 e. The first-order valence-corrected chi connectivity index (χ1v) is 8.08. The molecule has 2 rings (SSSR count). The number of rotatable bonds is 6. The van der Waals surface area contributed by atoms with Crippen LogP contribution in [0.5, 0.6) is 0 Å². The molecule has 0 aliphatic heterocycles. The van der Waals surface area contributed by atoms with Crippen LogP contribution >= 0.6 is 0 Å². The number of carbonyl (C=O) groups is 1. The van der Waals surface area contributed by atoms with E-state index in [0.717, 1.165) is 18.2 Å². The molecule has 3 nitrogen and oxygen atoms in total. The Morgan fingerprint density at radius 3 is 2.38 bits per heavy atom. The van der Waals surface area contributed by atoms with Crippen molar-refractivity contribution < 1.29 is 9.90 Å². The Labute approximate surface area is 128 Å². The fraction of sp³-hybridized carbons (Fsp3) is 0.611. The highest BCUT2D eigenvalue weighted by Crippen LogP contribution is 2.30. The van der Waals surface area contributed by atoms with Crippen LogP contribution in [0.15, 0.2) is 24.3 Å². The third kappa shape index (κ3) is 5.07. The summed E-state index contributed by atoms with van der Waals surface area (Å²) < 4.78 is 0.